The number of carbonyl (C=O) groups is 2. The Morgan fingerprint density at radius 3 is 2.56 bits per heavy atom. The average Bonchev–Trinajstić information content (AvgIpc) is 3.11. The van der Waals surface area contributed by atoms with E-state index >= 15 is 0 Å². The Bertz CT molecular complexity index is 698. The van der Waals surface area contributed by atoms with E-state index in [9.17, 15) is 9.59 Å². The van der Waals surface area contributed by atoms with Crippen molar-refractivity contribution in [3.8, 4) is 5.75 Å². The van der Waals surface area contributed by atoms with E-state index in [-0.39, 0.29) is 17.7 Å². The van der Waals surface area contributed by atoms with Crippen molar-refractivity contribution in [1.82, 2.24) is 10.6 Å². The molecule has 0 unspecified atom stereocenters. The standard InChI is InChI=1S/C19H24N2O3S/c1-4-24-16-10-6-5-9-15(16)18(22)21-17(13(2)3)19(23)20-12-14-8-7-11-25-14/h5-11,13,17H,4,12H2,1-3H3,(H,20,23)(H,21,22)/t17-/m1/s1. The van der Waals surface area contributed by atoms with Crippen LogP contribution in [0.5, 0.6) is 5.75 Å². The fourth-order valence-electron chi connectivity index (χ4n) is 2.39. The third kappa shape index (κ3) is 5.32. The van der Waals surface area contributed by atoms with E-state index in [0.717, 1.165) is 4.88 Å². The van der Waals surface area contributed by atoms with E-state index in [4.69, 9.17) is 4.74 Å². The second kappa shape index (κ2) is 9.22. The third-order valence-electron chi connectivity index (χ3n) is 3.68. The first-order valence-corrected chi connectivity index (χ1v) is 9.23. The molecule has 6 heteroatoms. The molecule has 0 aliphatic heterocycles. The fourth-order valence-corrected chi connectivity index (χ4v) is 3.03. The van der Waals surface area contributed by atoms with E-state index in [1.165, 1.54) is 0 Å². The molecule has 0 aliphatic carbocycles. The van der Waals surface area contributed by atoms with Crippen molar-refractivity contribution in [2.75, 3.05) is 6.61 Å². The van der Waals surface area contributed by atoms with Gasteiger partial charge in [-0.2, -0.15) is 0 Å². The third-order valence-corrected chi connectivity index (χ3v) is 4.56. The number of carbonyl (C=O) groups excluding carboxylic acids is 2. The molecule has 0 bridgehead atoms. The van der Waals surface area contributed by atoms with Crippen LogP contribution in [0.2, 0.25) is 0 Å². The van der Waals surface area contributed by atoms with Crippen molar-refractivity contribution >= 4 is 23.2 Å². The van der Waals surface area contributed by atoms with E-state index < -0.39 is 6.04 Å². The zero-order valence-corrected chi connectivity index (χ0v) is 15.6. The molecule has 2 aromatic rings. The van der Waals surface area contributed by atoms with E-state index in [2.05, 4.69) is 10.6 Å². The van der Waals surface area contributed by atoms with Crippen LogP contribution in [-0.2, 0) is 11.3 Å². The van der Waals surface area contributed by atoms with Crippen LogP contribution in [0.4, 0.5) is 0 Å². The van der Waals surface area contributed by atoms with Gasteiger partial charge in [-0.15, -0.1) is 11.3 Å². The lowest BCUT2D eigenvalue weighted by molar-refractivity contribution is -0.124. The minimum Gasteiger partial charge on any atom is -0.493 e. The lowest BCUT2D eigenvalue weighted by Gasteiger charge is -2.22. The molecule has 0 fully saturated rings. The summed E-state index contributed by atoms with van der Waals surface area (Å²) in [6.07, 6.45) is 0. The number of amides is 2. The Kier molecular flexibility index (Phi) is 7.01. The summed E-state index contributed by atoms with van der Waals surface area (Å²) in [6.45, 7) is 6.61. The maximum Gasteiger partial charge on any atom is 0.255 e. The minimum atomic E-state index is -0.609. The smallest absolute Gasteiger partial charge is 0.255 e. The topological polar surface area (TPSA) is 67.4 Å². The summed E-state index contributed by atoms with van der Waals surface area (Å²) in [5, 5.41) is 7.69. The fraction of sp³-hybridized carbons (Fsp3) is 0.368. The number of rotatable bonds is 8. The Labute approximate surface area is 152 Å². The van der Waals surface area contributed by atoms with Gasteiger partial charge in [0.15, 0.2) is 0 Å². The summed E-state index contributed by atoms with van der Waals surface area (Å²) in [7, 11) is 0. The van der Waals surface area contributed by atoms with Crippen LogP contribution in [0.1, 0.15) is 36.0 Å². The van der Waals surface area contributed by atoms with Crippen molar-refractivity contribution in [2.24, 2.45) is 5.92 Å². The monoisotopic (exact) mass is 360 g/mol. The lowest BCUT2D eigenvalue weighted by Crippen LogP contribution is -2.49. The van der Waals surface area contributed by atoms with Gasteiger partial charge in [0.25, 0.3) is 5.91 Å². The molecule has 1 atom stereocenters. The number of para-hydroxylation sites is 1. The molecule has 1 aromatic heterocycles. The van der Waals surface area contributed by atoms with Gasteiger partial charge in [0.05, 0.1) is 18.7 Å². The van der Waals surface area contributed by atoms with Gasteiger partial charge in [0, 0.05) is 4.88 Å². The van der Waals surface area contributed by atoms with Crippen LogP contribution < -0.4 is 15.4 Å². The van der Waals surface area contributed by atoms with Crippen LogP contribution in [0.3, 0.4) is 0 Å². The molecule has 5 nitrogen and oxygen atoms in total. The summed E-state index contributed by atoms with van der Waals surface area (Å²) < 4.78 is 5.50. The summed E-state index contributed by atoms with van der Waals surface area (Å²) in [5.74, 6) is -0.0183. The number of thiophene rings is 1. The molecule has 25 heavy (non-hydrogen) atoms. The van der Waals surface area contributed by atoms with Gasteiger partial charge in [-0.1, -0.05) is 32.0 Å². The molecule has 0 saturated heterocycles. The Hall–Kier alpha value is -2.34. The number of hydrogen-bond donors (Lipinski definition) is 2. The highest BCUT2D eigenvalue weighted by molar-refractivity contribution is 7.09. The second-order valence-electron chi connectivity index (χ2n) is 5.92. The normalized spacial score (nSPS) is 11.8. The summed E-state index contributed by atoms with van der Waals surface area (Å²) in [6, 6.07) is 10.3. The highest BCUT2D eigenvalue weighted by Crippen LogP contribution is 2.18. The predicted molar refractivity (Wildman–Crippen MR) is 99.9 cm³/mol. The highest BCUT2D eigenvalue weighted by atomic mass is 32.1. The average molecular weight is 360 g/mol. The van der Waals surface area contributed by atoms with Crippen LogP contribution >= 0.6 is 11.3 Å². The molecule has 1 aromatic carbocycles. The molecule has 2 rings (SSSR count). The summed E-state index contributed by atoms with van der Waals surface area (Å²) in [4.78, 5) is 26.2. The highest BCUT2D eigenvalue weighted by Gasteiger charge is 2.25. The molecule has 0 saturated carbocycles. The van der Waals surface area contributed by atoms with Gasteiger partial charge < -0.3 is 15.4 Å². The SMILES string of the molecule is CCOc1ccccc1C(=O)N[C@@H](C(=O)NCc1cccs1)C(C)C. The molecule has 0 aliphatic rings. The van der Waals surface area contributed by atoms with E-state index in [0.29, 0.717) is 24.5 Å². The summed E-state index contributed by atoms with van der Waals surface area (Å²) >= 11 is 1.58. The molecule has 0 spiro atoms. The first kappa shape index (κ1) is 19.0. The van der Waals surface area contributed by atoms with Gasteiger partial charge in [0.1, 0.15) is 11.8 Å². The van der Waals surface area contributed by atoms with Crippen LogP contribution in [0, 0.1) is 5.92 Å². The van der Waals surface area contributed by atoms with Crippen LogP contribution in [-0.4, -0.2) is 24.5 Å². The van der Waals surface area contributed by atoms with Crippen molar-refractivity contribution < 1.29 is 14.3 Å². The number of ether oxygens (including phenoxy) is 1. The molecule has 134 valence electrons. The van der Waals surface area contributed by atoms with E-state index in [1.54, 1.807) is 29.5 Å². The Morgan fingerprint density at radius 2 is 1.92 bits per heavy atom. The lowest BCUT2D eigenvalue weighted by atomic mass is 10.0. The largest absolute Gasteiger partial charge is 0.493 e. The van der Waals surface area contributed by atoms with Crippen molar-refractivity contribution in [1.29, 1.82) is 0 Å². The predicted octanol–water partition coefficient (Wildman–Crippen LogP) is 3.22. The van der Waals surface area contributed by atoms with Gasteiger partial charge >= 0.3 is 0 Å². The van der Waals surface area contributed by atoms with Gasteiger partial charge in [0.2, 0.25) is 5.91 Å². The van der Waals surface area contributed by atoms with Gasteiger partial charge in [-0.25, -0.2) is 0 Å². The number of hydrogen-bond acceptors (Lipinski definition) is 4. The molecule has 2 N–H and O–H groups in total. The van der Waals surface area contributed by atoms with Gasteiger partial charge in [-0.05, 0) is 36.4 Å². The van der Waals surface area contributed by atoms with Crippen molar-refractivity contribution in [2.45, 2.75) is 33.4 Å². The molecular formula is C19H24N2O3S. The maximum absolute atomic E-state index is 12.6. The zero-order chi connectivity index (χ0) is 18.2. The molecular weight excluding hydrogens is 336 g/mol. The minimum absolute atomic E-state index is 0.0356. The quantitative estimate of drug-likeness (QED) is 0.759. The molecule has 0 radical (unpaired) electrons. The first-order valence-electron chi connectivity index (χ1n) is 8.35. The zero-order valence-electron chi connectivity index (χ0n) is 14.7. The maximum atomic E-state index is 12.6. The number of nitrogens with one attached hydrogen (secondary N) is 2. The van der Waals surface area contributed by atoms with E-state index in [1.807, 2.05) is 44.4 Å². The second-order valence-corrected chi connectivity index (χ2v) is 6.95. The molecule has 1 heterocycles. The van der Waals surface area contributed by atoms with Crippen LogP contribution in [0.25, 0.3) is 0 Å². The van der Waals surface area contributed by atoms with Gasteiger partial charge in [-0.3, -0.25) is 9.59 Å². The van der Waals surface area contributed by atoms with Crippen LogP contribution in [0.15, 0.2) is 41.8 Å². The number of benzene rings is 1. The molecule has 2 amide bonds. The Balaban J connectivity index is 2.05. The first-order chi connectivity index (χ1) is 12.0. The summed E-state index contributed by atoms with van der Waals surface area (Å²) in [5.41, 5.74) is 0.432. The Morgan fingerprint density at radius 1 is 1.16 bits per heavy atom. The van der Waals surface area contributed by atoms with Crippen molar-refractivity contribution in [3.63, 3.8) is 0 Å². The van der Waals surface area contributed by atoms with Crippen molar-refractivity contribution in [3.05, 3.63) is 52.2 Å².